The molecule has 0 saturated carbocycles. The lowest BCUT2D eigenvalue weighted by Crippen LogP contribution is -2.24. The van der Waals surface area contributed by atoms with Crippen LogP contribution in [-0.4, -0.2) is 15.9 Å². The van der Waals surface area contributed by atoms with E-state index < -0.39 is 0 Å². The van der Waals surface area contributed by atoms with E-state index in [0.717, 1.165) is 16.8 Å². The molecule has 6 heteroatoms. The molecule has 138 valence electrons. The Balaban J connectivity index is 1.75. The molecule has 0 unspecified atom stereocenters. The Morgan fingerprint density at radius 3 is 2.52 bits per heavy atom. The van der Waals surface area contributed by atoms with Gasteiger partial charge in [-0.05, 0) is 44.0 Å². The highest BCUT2D eigenvalue weighted by Crippen LogP contribution is 2.25. The number of aromatic nitrogens is 2. The largest absolute Gasteiger partial charge is 0.347 e. The van der Waals surface area contributed by atoms with Crippen molar-refractivity contribution in [2.75, 3.05) is 5.32 Å². The van der Waals surface area contributed by atoms with E-state index in [9.17, 15) is 4.79 Å². The van der Waals surface area contributed by atoms with Crippen LogP contribution in [0.1, 0.15) is 33.0 Å². The van der Waals surface area contributed by atoms with Crippen molar-refractivity contribution in [3.8, 4) is 0 Å². The number of nitrogens with one attached hydrogen (secondary N) is 2. The van der Waals surface area contributed by atoms with Crippen LogP contribution in [0.3, 0.4) is 0 Å². The number of hydrogen-bond donors (Lipinski definition) is 2. The number of hydrogen-bond acceptors (Lipinski definition) is 4. The molecule has 27 heavy (non-hydrogen) atoms. The van der Waals surface area contributed by atoms with Crippen molar-refractivity contribution in [1.29, 1.82) is 0 Å². The molecule has 3 rings (SSSR count). The summed E-state index contributed by atoms with van der Waals surface area (Å²) in [6.45, 7) is 6.15. The molecular formula is C21H21ClN4O. The summed E-state index contributed by atoms with van der Waals surface area (Å²) in [5, 5.41) is 6.78. The summed E-state index contributed by atoms with van der Waals surface area (Å²) in [6, 6.07) is 15.3. The van der Waals surface area contributed by atoms with E-state index in [-0.39, 0.29) is 5.91 Å². The summed E-state index contributed by atoms with van der Waals surface area (Å²) < 4.78 is 0. The van der Waals surface area contributed by atoms with Gasteiger partial charge in [0, 0.05) is 23.3 Å². The number of carbonyl (C=O) groups excluding carboxylic acids is 1. The molecule has 0 saturated heterocycles. The quantitative estimate of drug-likeness (QED) is 0.671. The fraction of sp³-hybridized carbons (Fsp3) is 0.190. The van der Waals surface area contributed by atoms with Gasteiger partial charge in [0.2, 0.25) is 0 Å². The van der Waals surface area contributed by atoms with Crippen molar-refractivity contribution in [3.05, 3.63) is 81.8 Å². The second kappa shape index (κ2) is 8.18. The Bertz CT molecular complexity index is 970. The summed E-state index contributed by atoms with van der Waals surface area (Å²) in [4.78, 5) is 21.1. The molecule has 0 aliphatic carbocycles. The topological polar surface area (TPSA) is 66.9 Å². The van der Waals surface area contributed by atoms with Crippen LogP contribution in [0.4, 0.5) is 11.5 Å². The summed E-state index contributed by atoms with van der Waals surface area (Å²) in [6.07, 6.45) is 0. The van der Waals surface area contributed by atoms with Crippen LogP contribution in [0.15, 0.2) is 48.5 Å². The van der Waals surface area contributed by atoms with Gasteiger partial charge >= 0.3 is 0 Å². The van der Waals surface area contributed by atoms with E-state index in [0.29, 0.717) is 28.9 Å². The number of benzene rings is 2. The number of anilines is 2. The molecular weight excluding hydrogens is 360 g/mol. The minimum atomic E-state index is -0.244. The van der Waals surface area contributed by atoms with Gasteiger partial charge in [0.15, 0.2) is 0 Å². The average molecular weight is 381 g/mol. The number of nitrogens with zero attached hydrogens (tertiary/aromatic N) is 2. The second-order valence-corrected chi connectivity index (χ2v) is 6.80. The predicted molar refractivity (Wildman–Crippen MR) is 109 cm³/mol. The van der Waals surface area contributed by atoms with Crippen molar-refractivity contribution < 1.29 is 4.79 Å². The molecule has 0 aliphatic heterocycles. The van der Waals surface area contributed by atoms with Crippen LogP contribution in [-0.2, 0) is 6.54 Å². The van der Waals surface area contributed by atoms with Crippen LogP contribution < -0.4 is 10.6 Å². The Morgan fingerprint density at radius 1 is 1.04 bits per heavy atom. The van der Waals surface area contributed by atoms with E-state index in [1.54, 1.807) is 13.0 Å². The van der Waals surface area contributed by atoms with Gasteiger partial charge in [0.25, 0.3) is 5.91 Å². The Morgan fingerprint density at radius 2 is 1.78 bits per heavy atom. The van der Waals surface area contributed by atoms with Crippen molar-refractivity contribution >= 4 is 29.0 Å². The molecule has 0 aliphatic rings. The standard InChI is InChI=1S/C21H21ClN4O/c1-13-7-9-16(10-8-13)12-23-21(27)19-11-20(25-15(3)24-19)26-18-6-4-5-17(22)14(18)2/h4-11H,12H2,1-3H3,(H,23,27)(H,24,25,26). The van der Waals surface area contributed by atoms with Crippen LogP contribution in [0.5, 0.6) is 0 Å². The molecule has 0 radical (unpaired) electrons. The van der Waals surface area contributed by atoms with Crippen LogP contribution in [0, 0.1) is 20.8 Å². The van der Waals surface area contributed by atoms with Gasteiger partial charge in [-0.15, -0.1) is 0 Å². The first-order chi connectivity index (χ1) is 12.9. The third-order valence-corrected chi connectivity index (χ3v) is 4.58. The van der Waals surface area contributed by atoms with E-state index in [4.69, 9.17) is 11.6 Å². The first-order valence-corrected chi connectivity index (χ1v) is 9.02. The normalized spacial score (nSPS) is 10.5. The van der Waals surface area contributed by atoms with Gasteiger partial charge in [-0.3, -0.25) is 4.79 Å². The van der Waals surface area contributed by atoms with Crippen molar-refractivity contribution in [3.63, 3.8) is 0 Å². The van der Waals surface area contributed by atoms with Gasteiger partial charge in [-0.2, -0.15) is 0 Å². The zero-order valence-corrected chi connectivity index (χ0v) is 16.3. The van der Waals surface area contributed by atoms with Gasteiger partial charge in [0.1, 0.15) is 17.3 Å². The van der Waals surface area contributed by atoms with Gasteiger partial charge in [-0.25, -0.2) is 9.97 Å². The number of halogens is 1. The zero-order chi connectivity index (χ0) is 19.4. The lowest BCUT2D eigenvalue weighted by atomic mass is 10.1. The molecule has 0 bridgehead atoms. The molecule has 0 spiro atoms. The fourth-order valence-electron chi connectivity index (χ4n) is 2.61. The lowest BCUT2D eigenvalue weighted by molar-refractivity contribution is 0.0945. The second-order valence-electron chi connectivity index (χ2n) is 6.39. The molecule has 2 aromatic carbocycles. The molecule has 5 nitrogen and oxygen atoms in total. The Kier molecular flexibility index (Phi) is 5.72. The first-order valence-electron chi connectivity index (χ1n) is 8.64. The average Bonchev–Trinajstić information content (AvgIpc) is 2.64. The van der Waals surface area contributed by atoms with Crippen molar-refractivity contribution in [1.82, 2.24) is 15.3 Å². The summed E-state index contributed by atoms with van der Waals surface area (Å²) >= 11 is 6.17. The van der Waals surface area contributed by atoms with E-state index in [2.05, 4.69) is 20.6 Å². The van der Waals surface area contributed by atoms with Gasteiger partial charge < -0.3 is 10.6 Å². The minimum absolute atomic E-state index is 0.244. The smallest absolute Gasteiger partial charge is 0.270 e. The first kappa shape index (κ1) is 18.9. The Labute approximate surface area is 163 Å². The molecule has 0 atom stereocenters. The maximum atomic E-state index is 12.5. The third kappa shape index (κ3) is 4.83. The summed E-state index contributed by atoms with van der Waals surface area (Å²) in [5.74, 6) is 0.820. The number of amides is 1. The van der Waals surface area contributed by atoms with E-state index in [1.165, 1.54) is 5.56 Å². The monoisotopic (exact) mass is 380 g/mol. The lowest BCUT2D eigenvalue weighted by Gasteiger charge is -2.12. The SMILES string of the molecule is Cc1ccc(CNC(=O)c2cc(Nc3cccc(Cl)c3C)nc(C)n2)cc1. The minimum Gasteiger partial charge on any atom is -0.347 e. The predicted octanol–water partition coefficient (Wildman–Crippen LogP) is 4.73. The molecule has 2 N–H and O–H groups in total. The maximum Gasteiger partial charge on any atom is 0.270 e. The van der Waals surface area contributed by atoms with Crippen LogP contribution >= 0.6 is 11.6 Å². The number of aryl methyl sites for hydroxylation is 2. The summed E-state index contributed by atoms with van der Waals surface area (Å²) in [5.41, 5.74) is 4.29. The highest BCUT2D eigenvalue weighted by Gasteiger charge is 2.11. The Hall–Kier alpha value is -2.92. The fourth-order valence-corrected chi connectivity index (χ4v) is 2.78. The molecule has 3 aromatic rings. The van der Waals surface area contributed by atoms with Gasteiger partial charge in [-0.1, -0.05) is 47.5 Å². The highest BCUT2D eigenvalue weighted by atomic mass is 35.5. The molecule has 1 aromatic heterocycles. The molecule has 0 fully saturated rings. The van der Waals surface area contributed by atoms with E-state index >= 15 is 0 Å². The van der Waals surface area contributed by atoms with Crippen molar-refractivity contribution in [2.24, 2.45) is 0 Å². The third-order valence-electron chi connectivity index (χ3n) is 4.17. The van der Waals surface area contributed by atoms with Crippen molar-refractivity contribution in [2.45, 2.75) is 27.3 Å². The molecule has 1 heterocycles. The zero-order valence-electron chi connectivity index (χ0n) is 15.5. The maximum absolute atomic E-state index is 12.5. The number of carbonyl (C=O) groups is 1. The summed E-state index contributed by atoms with van der Waals surface area (Å²) in [7, 11) is 0. The van der Waals surface area contributed by atoms with Gasteiger partial charge in [0.05, 0.1) is 0 Å². The number of rotatable bonds is 5. The van der Waals surface area contributed by atoms with Crippen LogP contribution in [0.25, 0.3) is 0 Å². The van der Waals surface area contributed by atoms with E-state index in [1.807, 2.05) is 56.3 Å². The van der Waals surface area contributed by atoms with Crippen LogP contribution in [0.2, 0.25) is 5.02 Å². The molecule has 1 amide bonds. The highest BCUT2D eigenvalue weighted by molar-refractivity contribution is 6.31.